The molecule has 1 heterocycles. The third-order valence-corrected chi connectivity index (χ3v) is 3.81. The van der Waals surface area contributed by atoms with Crippen molar-refractivity contribution < 1.29 is 14.6 Å². The maximum atomic E-state index is 11.7. The van der Waals surface area contributed by atoms with E-state index in [0.717, 1.165) is 29.7 Å². The first-order valence-corrected chi connectivity index (χ1v) is 7.75. The number of hydrogen-bond acceptors (Lipinski definition) is 3. The Bertz CT molecular complexity index is 499. The van der Waals surface area contributed by atoms with Crippen LogP contribution in [-0.4, -0.2) is 17.6 Å². The second-order valence-electron chi connectivity index (χ2n) is 6.05. The van der Waals surface area contributed by atoms with Gasteiger partial charge in [0.05, 0.1) is 18.8 Å². The van der Waals surface area contributed by atoms with E-state index in [2.05, 4.69) is 19.2 Å². The smallest absolute Gasteiger partial charge is 0.220 e. The normalized spacial score (nSPS) is 18.8. The molecular formula is C17H25NO3. The van der Waals surface area contributed by atoms with Crippen molar-refractivity contribution >= 4 is 5.91 Å². The Morgan fingerprint density at radius 3 is 2.90 bits per heavy atom. The van der Waals surface area contributed by atoms with Crippen molar-refractivity contribution in [1.82, 2.24) is 5.32 Å². The van der Waals surface area contributed by atoms with Crippen molar-refractivity contribution in [2.24, 2.45) is 5.92 Å². The predicted molar refractivity (Wildman–Crippen MR) is 82.1 cm³/mol. The van der Waals surface area contributed by atoms with E-state index in [0.29, 0.717) is 18.9 Å². The van der Waals surface area contributed by atoms with Crippen molar-refractivity contribution in [2.45, 2.75) is 52.2 Å². The number of aliphatic hydroxyl groups excluding tert-OH is 1. The lowest BCUT2D eigenvalue weighted by atomic mass is 9.93. The van der Waals surface area contributed by atoms with Crippen LogP contribution in [0.2, 0.25) is 0 Å². The minimum Gasteiger partial charge on any atom is -0.493 e. The van der Waals surface area contributed by atoms with Crippen LogP contribution in [0.4, 0.5) is 0 Å². The van der Waals surface area contributed by atoms with Gasteiger partial charge in [-0.3, -0.25) is 4.79 Å². The molecule has 1 aliphatic rings. The Balaban J connectivity index is 2.22. The van der Waals surface area contributed by atoms with Crippen LogP contribution in [-0.2, 0) is 4.79 Å². The first-order valence-electron chi connectivity index (χ1n) is 7.75. The SMILES string of the molecule is CCC(=O)NC1CCOc2ccc(C(O)CC(C)C)cc21. The highest BCUT2D eigenvalue weighted by Crippen LogP contribution is 2.35. The number of nitrogens with one attached hydrogen (secondary N) is 1. The zero-order chi connectivity index (χ0) is 15.4. The maximum absolute atomic E-state index is 11.7. The van der Waals surface area contributed by atoms with Crippen molar-refractivity contribution in [3.63, 3.8) is 0 Å². The van der Waals surface area contributed by atoms with Gasteiger partial charge in [0.25, 0.3) is 0 Å². The molecule has 2 rings (SSSR count). The van der Waals surface area contributed by atoms with E-state index in [-0.39, 0.29) is 11.9 Å². The highest BCUT2D eigenvalue weighted by molar-refractivity contribution is 5.76. The minimum atomic E-state index is -0.472. The van der Waals surface area contributed by atoms with Crippen molar-refractivity contribution in [1.29, 1.82) is 0 Å². The number of fused-ring (bicyclic) bond motifs is 1. The second-order valence-corrected chi connectivity index (χ2v) is 6.05. The summed E-state index contributed by atoms with van der Waals surface area (Å²) < 4.78 is 5.65. The first kappa shape index (κ1) is 15.8. The minimum absolute atomic E-state index is 0.0209. The fourth-order valence-electron chi connectivity index (χ4n) is 2.65. The fourth-order valence-corrected chi connectivity index (χ4v) is 2.65. The van der Waals surface area contributed by atoms with E-state index in [4.69, 9.17) is 4.74 Å². The van der Waals surface area contributed by atoms with Gasteiger partial charge in [-0.1, -0.05) is 26.8 Å². The largest absolute Gasteiger partial charge is 0.493 e. The van der Waals surface area contributed by atoms with Gasteiger partial charge in [-0.05, 0) is 30.0 Å². The molecule has 1 amide bonds. The number of amides is 1. The molecule has 0 aliphatic carbocycles. The Labute approximate surface area is 126 Å². The van der Waals surface area contributed by atoms with E-state index in [1.54, 1.807) is 0 Å². The van der Waals surface area contributed by atoms with Crippen molar-refractivity contribution in [2.75, 3.05) is 6.61 Å². The number of rotatable bonds is 5. The van der Waals surface area contributed by atoms with Crippen molar-refractivity contribution in [3.8, 4) is 5.75 Å². The second kappa shape index (κ2) is 6.94. The zero-order valence-corrected chi connectivity index (χ0v) is 13.1. The van der Waals surface area contributed by atoms with E-state index in [9.17, 15) is 9.90 Å². The van der Waals surface area contributed by atoms with E-state index in [1.807, 2.05) is 25.1 Å². The van der Waals surface area contributed by atoms with Gasteiger partial charge in [-0.15, -0.1) is 0 Å². The summed E-state index contributed by atoms with van der Waals surface area (Å²) in [5.74, 6) is 1.28. The average Bonchev–Trinajstić information content (AvgIpc) is 2.46. The highest BCUT2D eigenvalue weighted by Gasteiger charge is 2.24. The average molecular weight is 291 g/mol. The van der Waals surface area contributed by atoms with Crippen LogP contribution in [0.1, 0.15) is 63.3 Å². The van der Waals surface area contributed by atoms with Gasteiger partial charge in [-0.25, -0.2) is 0 Å². The number of ether oxygens (including phenoxy) is 1. The summed E-state index contributed by atoms with van der Waals surface area (Å²) >= 11 is 0. The summed E-state index contributed by atoms with van der Waals surface area (Å²) in [5, 5.41) is 13.3. The zero-order valence-electron chi connectivity index (χ0n) is 13.1. The number of aliphatic hydroxyl groups is 1. The third kappa shape index (κ3) is 3.97. The first-order chi connectivity index (χ1) is 10.0. The molecule has 21 heavy (non-hydrogen) atoms. The van der Waals surface area contributed by atoms with Crippen LogP contribution in [0.15, 0.2) is 18.2 Å². The summed E-state index contributed by atoms with van der Waals surface area (Å²) in [6.07, 6.45) is 1.50. The van der Waals surface area contributed by atoms with Gasteiger partial charge in [0.15, 0.2) is 0 Å². The monoisotopic (exact) mass is 291 g/mol. The standard InChI is InChI=1S/C17H25NO3/c1-4-17(20)18-14-7-8-21-16-6-5-12(10-13(14)16)15(19)9-11(2)3/h5-6,10-11,14-15,19H,4,7-9H2,1-3H3,(H,18,20). The van der Waals surface area contributed by atoms with Crippen LogP contribution in [0.5, 0.6) is 5.75 Å². The molecule has 0 spiro atoms. The maximum Gasteiger partial charge on any atom is 0.220 e. The lowest BCUT2D eigenvalue weighted by molar-refractivity contribution is -0.121. The van der Waals surface area contributed by atoms with Gasteiger partial charge in [0.2, 0.25) is 5.91 Å². The molecule has 0 radical (unpaired) electrons. The molecule has 1 aliphatic heterocycles. The molecule has 2 unspecified atom stereocenters. The molecule has 0 saturated heterocycles. The summed E-state index contributed by atoms with van der Waals surface area (Å²) in [5.41, 5.74) is 1.87. The molecule has 1 aromatic rings. The molecular weight excluding hydrogens is 266 g/mol. The third-order valence-electron chi connectivity index (χ3n) is 3.81. The fraction of sp³-hybridized carbons (Fsp3) is 0.588. The quantitative estimate of drug-likeness (QED) is 0.876. The van der Waals surface area contributed by atoms with Crippen LogP contribution in [0.3, 0.4) is 0 Å². The highest BCUT2D eigenvalue weighted by atomic mass is 16.5. The van der Waals surface area contributed by atoms with Crippen LogP contribution < -0.4 is 10.1 Å². The van der Waals surface area contributed by atoms with E-state index >= 15 is 0 Å². The molecule has 0 aromatic heterocycles. The number of carbonyl (C=O) groups excluding carboxylic acids is 1. The molecule has 4 nitrogen and oxygen atoms in total. The molecule has 2 N–H and O–H groups in total. The molecule has 4 heteroatoms. The molecule has 0 saturated carbocycles. The topological polar surface area (TPSA) is 58.6 Å². The Morgan fingerprint density at radius 2 is 2.24 bits per heavy atom. The van der Waals surface area contributed by atoms with Crippen molar-refractivity contribution in [3.05, 3.63) is 29.3 Å². The molecule has 0 bridgehead atoms. The molecule has 0 fully saturated rings. The lowest BCUT2D eigenvalue weighted by Crippen LogP contribution is -2.31. The summed E-state index contributed by atoms with van der Waals surface area (Å²) in [4.78, 5) is 11.7. The molecule has 1 aromatic carbocycles. The Hall–Kier alpha value is -1.55. The Morgan fingerprint density at radius 1 is 1.48 bits per heavy atom. The van der Waals surface area contributed by atoms with E-state index in [1.165, 1.54) is 0 Å². The summed E-state index contributed by atoms with van der Waals surface area (Å²) in [6.45, 7) is 6.64. The van der Waals surface area contributed by atoms with Gasteiger partial charge >= 0.3 is 0 Å². The summed E-state index contributed by atoms with van der Waals surface area (Å²) in [6, 6.07) is 5.77. The van der Waals surface area contributed by atoms with Gasteiger partial charge in [0.1, 0.15) is 5.75 Å². The van der Waals surface area contributed by atoms with Gasteiger partial charge < -0.3 is 15.2 Å². The lowest BCUT2D eigenvalue weighted by Gasteiger charge is -2.28. The van der Waals surface area contributed by atoms with Crippen LogP contribution in [0, 0.1) is 5.92 Å². The summed E-state index contributed by atoms with van der Waals surface area (Å²) in [7, 11) is 0. The predicted octanol–water partition coefficient (Wildman–Crippen LogP) is 3.12. The van der Waals surface area contributed by atoms with Crippen LogP contribution in [0.25, 0.3) is 0 Å². The van der Waals surface area contributed by atoms with Gasteiger partial charge in [0, 0.05) is 18.4 Å². The molecule has 2 atom stereocenters. The number of benzene rings is 1. The number of carbonyl (C=O) groups is 1. The molecule has 116 valence electrons. The van der Waals surface area contributed by atoms with E-state index < -0.39 is 6.10 Å². The number of hydrogen-bond donors (Lipinski definition) is 2. The van der Waals surface area contributed by atoms with Gasteiger partial charge in [-0.2, -0.15) is 0 Å². The Kier molecular flexibility index (Phi) is 5.23. The van der Waals surface area contributed by atoms with Crippen LogP contribution >= 0.6 is 0 Å².